The SMILES string of the molecule is CN(C(=O)[C@@H](Cc1csc2ccccc12)NC(=O)C(C)(C)N)[C@H](Cc1csc2ccccc12)NS(C)(=O)=O. The van der Waals surface area contributed by atoms with Crippen LogP contribution in [0.15, 0.2) is 59.3 Å². The number of carbonyl (C=O) groups excluding carboxylic acids is 2. The molecule has 4 aromatic rings. The maximum Gasteiger partial charge on any atom is 0.246 e. The molecule has 2 atom stereocenters. The summed E-state index contributed by atoms with van der Waals surface area (Å²) in [6.45, 7) is 3.15. The lowest BCUT2D eigenvalue weighted by molar-refractivity contribution is -0.138. The number of hydrogen-bond acceptors (Lipinski definition) is 7. The van der Waals surface area contributed by atoms with Gasteiger partial charge in [-0.05, 0) is 58.6 Å². The number of carbonyl (C=O) groups is 2. The predicted molar refractivity (Wildman–Crippen MR) is 156 cm³/mol. The number of fused-ring (bicyclic) bond motifs is 2. The van der Waals surface area contributed by atoms with Gasteiger partial charge in [-0.25, -0.2) is 8.42 Å². The third-order valence-electron chi connectivity index (χ3n) is 6.31. The Kier molecular flexibility index (Phi) is 8.24. The molecule has 2 aromatic carbocycles. The average molecular weight is 573 g/mol. The quantitative estimate of drug-likeness (QED) is 0.251. The lowest BCUT2D eigenvalue weighted by Gasteiger charge is -2.32. The summed E-state index contributed by atoms with van der Waals surface area (Å²) in [4.78, 5) is 28.2. The zero-order valence-electron chi connectivity index (χ0n) is 21.7. The number of hydrogen-bond donors (Lipinski definition) is 3. The van der Waals surface area contributed by atoms with Crippen LogP contribution in [0.2, 0.25) is 0 Å². The summed E-state index contributed by atoms with van der Waals surface area (Å²) in [5, 5.41) is 8.80. The van der Waals surface area contributed by atoms with Crippen molar-refractivity contribution in [2.24, 2.45) is 5.73 Å². The van der Waals surface area contributed by atoms with E-state index >= 15 is 0 Å². The van der Waals surface area contributed by atoms with Crippen LogP contribution in [0.4, 0.5) is 0 Å². The summed E-state index contributed by atoms with van der Waals surface area (Å²) >= 11 is 3.13. The Balaban J connectivity index is 1.66. The first kappa shape index (κ1) is 28.2. The van der Waals surface area contributed by atoms with Gasteiger partial charge in [0, 0.05) is 29.3 Å². The van der Waals surface area contributed by atoms with Crippen LogP contribution in [0.5, 0.6) is 0 Å². The summed E-state index contributed by atoms with van der Waals surface area (Å²) < 4.78 is 29.4. The molecule has 4 N–H and O–H groups in total. The first-order valence-electron chi connectivity index (χ1n) is 12.1. The van der Waals surface area contributed by atoms with Gasteiger partial charge in [-0.3, -0.25) is 9.59 Å². The number of rotatable bonds is 10. The van der Waals surface area contributed by atoms with E-state index in [1.807, 2.05) is 59.3 Å². The Labute approximate surface area is 230 Å². The molecule has 0 bridgehead atoms. The van der Waals surface area contributed by atoms with E-state index in [1.54, 1.807) is 43.6 Å². The number of nitrogens with two attached hydrogens (primary N) is 1. The lowest BCUT2D eigenvalue weighted by Crippen LogP contribution is -2.59. The van der Waals surface area contributed by atoms with E-state index < -0.39 is 39.6 Å². The number of nitrogens with zero attached hydrogens (tertiary/aromatic N) is 1. The number of sulfonamides is 1. The van der Waals surface area contributed by atoms with Crippen LogP contribution in [0, 0.1) is 0 Å². The Hall–Kier alpha value is -2.83. The van der Waals surface area contributed by atoms with Crippen LogP contribution in [0.1, 0.15) is 25.0 Å². The van der Waals surface area contributed by atoms with Gasteiger partial charge < -0.3 is 16.0 Å². The van der Waals surface area contributed by atoms with Gasteiger partial charge in [0.1, 0.15) is 6.04 Å². The maximum absolute atomic E-state index is 13.9. The van der Waals surface area contributed by atoms with E-state index in [-0.39, 0.29) is 12.8 Å². The first-order chi connectivity index (χ1) is 17.8. The average Bonchev–Trinajstić information content (AvgIpc) is 3.45. The molecule has 202 valence electrons. The fourth-order valence-electron chi connectivity index (χ4n) is 4.26. The molecule has 0 aliphatic rings. The van der Waals surface area contributed by atoms with Crippen LogP contribution in [-0.4, -0.2) is 56.2 Å². The number of thiophene rings is 2. The topological polar surface area (TPSA) is 122 Å². The molecule has 2 heterocycles. The fourth-order valence-corrected chi connectivity index (χ4v) is 6.95. The Morgan fingerprint density at radius 3 is 1.95 bits per heavy atom. The van der Waals surface area contributed by atoms with Crippen LogP contribution in [0.3, 0.4) is 0 Å². The second kappa shape index (κ2) is 11.1. The van der Waals surface area contributed by atoms with Crippen molar-refractivity contribution in [3.63, 3.8) is 0 Å². The van der Waals surface area contributed by atoms with Crippen molar-refractivity contribution in [1.82, 2.24) is 14.9 Å². The number of amides is 2. The van der Waals surface area contributed by atoms with Crippen LogP contribution in [-0.2, 0) is 32.5 Å². The van der Waals surface area contributed by atoms with Gasteiger partial charge in [0.2, 0.25) is 21.8 Å². The Bertz CT molecular complexity index is 1570. The standard InChI is InChI=1S/C27H32N4O4S3/c1-27(2,28)26(33)29-21(13-17-15-36-22-11-7-5-9-19(17)22)25(32)31(3)24(30-38(4,34)35)14-18-16-37-23-12-8-6-10-20(18)23/h5-12,15-16,21,24,30H,13-14,28H2,1-4H3,(H,29,33)/t21-,24-/m1/s1. The highest BCUT2D eigenvalue weighted by molar-refractivity contribution is 7.88. The van der Waals surface area contributed by atoms with Gasteiger partial charge in [0.05, 0.1) is 18.0 Å². The molecule has 2 aromatic heterocycles. The zero-order valence-corrected chi connectivity index (χ0v) is 24.2. The molecule has 0 aliphatic heterocycles. The molecule has 0 unspecified atom stereocenters. The molecule has 2 amide bonds. The van der Waals surface area contributed by atoms with Crippen LogP contribution >= 0.6 is 22.7 Å². The van der Waals surface area contributed by atoms with Crippen molar-refractivity contribution in [3.05, 3.63) is 70.4 Å². The van der Waals surface area contributed by atoms with E-state index in [0.29, 0.717) is 0 Å². The second-order valence-corrected chi connectivity index (χ2v) is 13.6. The zero-order chi connectivity index (χ0) is 27.7. The molecule has 0 fully saturated rings. The van der Waals surface area contributed by atoms with E-state index in [0.717, 1.165) is 37.6 Å². The molecule has 11 heteroatoms. The van der Waals surface area contributed by atoms with Crippen molar-refractivity contribution < 1.29 is 18.0 Å². The highest BCUT2D eigenvalue weighted by atomic mass is 32.2. The number of nitrogens with one attached hydrogen (secondary N) is 2. The largest absolute Gasteiger partial charge is 0.342 e. The minimum atomic E-state index is -3.66. The van der Waals surface area contributed by atoms with E-state index in [4.69, 9.17) is 5.73 Å². The summed E-state index contributed by atoms with van der Waals surface area (Å²) in [6, 6.07) is 14.8. The van der Waals surface area contributed by atoms with Gasteiger partial charge in [-0.15, -0.1) is 22.7 Å². The molecule has 8 nitrogen and oxygen atoms in total. The molecular formula is C27H32N4O4S3. The van der Waals surface area contributed by atoms with Gasteiger partial charge in [0.15, 0.2) is 0 Å². The fraction of sp³-hybridized carbons (Fsp3) is 0.333. The van der Waals surface area contributed by atoms with Crippen LogP contribution in [0.25, 0.3) is 20.2 Å². The summed E-state index contributed by atoms with van der Waals surface area (Å²) in [6.07, 6.45) is 0.712. The van der Waals surface area contributed by atoms with Crippen LogP contribution < -0.4 is 15.8 Å². The molecule has 0 spiro atoms. The summed E-state index contributed by atoms with van der Waals surface area (Å²) in [5.41, 5.74) is 6.68. The van der Waals surface area contributed by atoms with Gasteiger partial charge in [0.25, 0.3) is 0 Å². The van der Waals surface area contributed by atoms with Crippen molar-refractivity contribution in [2.75, 3.05) is 13.3 Å². The molecule has 0 aliphatic carbocycles. The predicted octanol–water partition coefficient (Wildman–Crippen LogP) is 3.46. The third-order valence-corrected chi connectivity index (χ3v) is 9.04. The van der Waals surface area contributed by atoms with Crippen molar-refractivity contribution in [2.45, 2.75) is 44.4 Å². The molecule has 0 radical (unpaired) electrons. The van der Waals surface area contributed by atoms with Crippen molar-refractivity contribution in [3.8, 4) is 0 Å². The normalized spacial score (nSPS) is 13.9. The minimum Gasteiger partial charge on any atom is -0.342 e. The van der Waals surface area contributed by atoms with Crippen molar-refractivity contribution >= 4 is 64.7 Å². The van der Waals surface area contributed by atoms with E-state index in [2.05, 4.69) is 10.0 Å². The maximum atomic E-state index is 13.9. The molecular weight excluding hydrogens is 541 g/mol. The Morgan fingerprint density at radius 2 is 1.45 bits per heavy atom. The highest BCUT2D eigenvalue weighted by Crippen LogP contribution is 2.29. The Morgan fingerprint density at radius 1 is 0.947 bits per heavy atom. The van der Waals surface area contributed by atoms with E-state index in [1.165, 1.54) is 4.90 Å². The van der Waals surface area contributed by atoms with Crippen molar-refractivity contribution in [1.29, 1.82) is 0 Å². The van der Waals surface area contributed by atoms with Gasteiger partial charge >= 0.3 is 0 Å². The number of benzene rings is 2. The van der Waals surface area contributed by atoms with Gasteiger partial charge in [-0.2, -0.15) is 4.72 Å². The van der Waals surface area contributed by atoms with E-state index in [9.17, 15) is 18.0 Å². The smallest absolute Gasteiger partial charge is 0.246 e. The lowest BCUT2D eigenvalue weighted by atomic mass is 10.0. The second-order valence-electron chi connectivity index (χ2n) is 10.0. The molecule has 0 saturated heterocycles. The highest BCUT2D eigenvalue weighted by Gasteiger charge is 2.33. The van der Waals surface area contributed by atoms with Gasteiger partial charge in [-0.1, -0.05) is 36.4 Å². The monoisotopic (exact) mass is 572 g/mol. The third kappa shape index (κ3) is 6.59. The first-order valence-corrected chi connectivity index (χ1v) is 15.7. The molecule has 0 saturated carbocycles. The molecule has 38 heavy (non-hydrogen) atoms. The molecule has 4 rings (SSSR count). The number of likely N-dealkylation sites (N-methyl/N-ethyl adjacent to an activating group) is 1. The summed E-state index contributed by atoms with van der Waals surface area (Å²) in [5.74, 6) is -0.890. The summed E-state index contributed by atoms with van der Waals surface area (Å²) in [7, 11) is -2.10. The minimum absolute atomic E-state index is 0.238.